The molecule has 1 N–H and O–H groups in total. The van der Waals surface area contributed by atoms with Gasteiger partial charge in [0.1, 0.15) is 5.75 Å². The number of rotatable bonds is 5. The fourth-order valence-corrected chi connectivity index (χ4v) is 2.22. The zero-order valence-electron chi connectivity index (χ0n) is 10.4. The van der Waals surface area contributed by atoms with Gasteiger partial charge < -0.3 is 19.5 Å². The van der Waals surface area contributed by atoms with Gasteiger partial charge in [-0.25, -0.2) is 0 Å². The van der Waals surface area contributed by atoms with Gasteiger partial charge in [-0.3, -0.25) is 0 Å². The van der Waals surface area contributed by atoms with Gasteiger partial charge in [-0.1, -0.05) is 15.9 Å². The van der Waals surface area contributed by atoms with E-state index in [0.29, 0.717) is 19.8 Å². The highest BCUT2D eigenvalue weighted by Gasteiger charge is 2.13. The van der Waals surface area contributed by atoms with Gasteiger partial charge in [0.25, 0.3) is 0 Å². The second-order valence-corrected chi connectivity index (χ2v) is 5.01. The summed E-state index contributed by atoms with van der Waals surface area (Å²) >= 11 is 3.53. The highest BCUT2D eigenvalue weighted by atomic mass is 79.9. The normalized spacial score (nSPS) is 19.8. The standard InChI is InChI=1S/C13H18BrNO3/c1-16-11-2-3-13(14)10(6-11)7-15-8-12-9-17-4-5-18-12/h2-3,6,12,15H,4-5,7-9H2,1H3. The average molecular weight is 316 g/mol. The molecule has 18 heavy (non-hydrogen) atoms. The topological polar surface area (TPSA) is 39.7 Å². The largest absolute Gasteiger partial charge is 0.497 e. The average Bonchev–Trinajstić information content (AvgIpc) is 2.42. The SMILES string of the molecule is COc1ccc(Br)c(CNCC2COCCO2)c1. The van der Waals surface area contributed by atoms with Crippen molar-refractivity contribution in [2.75, 3.05) is 33.5 Å². The molecule has 2 rings (SSSR count). The number of hydrogen-bond donors (Lipinski definition) is 1. The predicted octanol–water partition coefficient (Wildman–Crippen LogP) is 1.96. The van der Waals surface area contributed by atoms with Crippen LogP contribution in [0.3, 0.4) is 0 Å². The molecule has 100 valence electrons. The molecule has 0 amide bonds. The lowest BCUT2D eigenvalue weighted by atomic mass is 10.2. The summed E-state index contributed by atoms with van der Waals surface area (Å²) in [6.07, 6.45) is 0.156. The van der Waals surface area contributed by atoms with Gasteiger partial charge in [-0.2, -0.15) is 0 Å². The maximum Gasteiger partial charge on any atom is 0.119 e. The van der Waals surface area contributed by atoms with Crippen molar-refractivity contribution in [3.8, 4) is 5.75 Å². The van der Waals surface area contributed by atoms with Gasteiger partial charge in [0.15, 0.2) is 0 Å². The van der Waals surface area contributed by atoms with Crippen molar-refractivity contribution >= 4 is 15.9 Å². The molecule has 1 unspecified atom stereocenters. The number of ether oxygens (including phenoxy) is 3. The first-order valence-corrected chi connectivity index (χ1v) is 6.81. The van der Waals surface area contributed by atoms with Crippen LogP contribution < -0.4 is 10.1 Å². The van der Waals surface area contributed by atoms with Crippen molar-refractivity contribution in [1.29, 1.82) is 0 Å². The van der Waals surface area contributed by atoms with Gasteiger partial charge in [-0.05, 0) is 23.8 Å². The number of methoxy groups -OCH3 is 1. The summed E-state index contributed by atoms with van der Waals surface area (Å²) in [5, 5.41) is 3.37. The summed E-state index contributed by atoms with van der Waals surface area (Å²) < 4.78 is 17.2. The highest BCUT2D eigenvalue weighted by molar-refractivity contribution is 9.10. The maximum absolute atomic E-state index is 5.57. The molecule has 4 nitrogen and oxygen atoms in total. The first kappa shape index (κ1) is 13.8. The molecule has 0 radical (unpaired) electrons. The first-order chi connectivity index (χ1) is 8.79. The maximum atomic E-state index is 5.57. The van der Waals surface area contributed by atoms with E-state index in [9.17, 15) is 0 Å². The van der Waals surface area contributed by atoms with Crippen LogP contribution in [0.25, 0.3) is 0 Å². The van der Waals surface area contributed by atoms with Gasteiger partial charge in [0, 0.05) is 17.6 Å². The van der Waals surface area contributed by atoms with Crippen LogP contribution in [0.4, 0.5) is 0 Å². The molecule has 0 saturated carbocycles. The van der Waals surface area contributed by atoms with E-state index in [1.807, 2.05) is 18.2 Å². The lowest BCUT2D eigenvalue weighted by molar-refractivity contribution is -0.0864. The molecule has 1 aromatic rings. The summed E-state index contributed by atoms with van der Waals surface area (Å²) in [5.74, 6) is 0.868. The van der Waals surface area contributed by atoms with Crippen LogP contribution >= 0.6 is 15.9 Å². The molecule has 1 heterocycles. The van der Waals surface area contributed by atoms with Crippen LogP contribution in [0.1, 0.15) is 5.56 Å². The third-order valence-electron chi connectivity index (χ3n) is 2.83. The fourth-order valence-electron chi connectivity index (χ4n) is 1.84. The molecule has 0 aromatic heterocycles. The zero-order chi connectivity index (χ0) is 12.8. The second-order valence-electron chi connectivity index (χ2n) is 4.16. The number of halogens is 1. The van der Waals surface area contributed by atoms with E-state index in [1.165, 1.54) is 5.56 Å². The van der Waals surface area contributed by atoms with E-state index in [2.05, 4.69) is 21.2 Å². The molecule has 1 fully saturated rings. The Morgan fingerprint density at radius 2 is 2.33 bits per heavy atom. The van der Waals surface area contributed by atoms with Crippen molar-refractivity contribution in [2.45, 2.75) is 12.6 Å². The molecule has 5 heteroatoms. The van der Waals surface area contributed by atoms with Crippen LogP contribution in [0, 0.1) is 0 Å². The molecule has 1 atom stereocenters. The van der Waals surface area contributed by atoms with Gasteiger partial charge in [0.2, 0.25) is 0 Å². The monoisotopic (exact) mass is 315 g/mol. The Morgan fingerprint density at radius 3 is 3.06 bits per heavy atom. The Bertz CT molecular complexity index is 380. The Labute approximate surface area is 116 Å². The zero-order valence-corrected chi connectivity index (χ0v) is 12.0. The van der Waals surface area contributed by atoms with Crippen LogP contribution in [-0.4, -0.2) is 39.6 Å². The van der Waals surface area contributed by atoms with E-state index in [-0.39, 0.29) is 6.10 Å². The lowest BCUT2D eigenvalue weighted by Gasteiger charge is -2.23. The molecule has 1 saturated heterocycles. The molecular formula is C13H18BrNO3. The summed E-state index contributed by atoms with van der Waals surface area (Å²) in [5.41, 5.74) is 1.17. The molecule has 0 spiro atoms. The van der Waals surface area contributed by atoms with Gasteiger partial charge >= 0.3 is 0 Å². The molecule has 0 aliphatic carbocycles. The third kappa shape index (κ3) is 3.95. The number of hydrogen-bond acceptors (Lipinski definition) is 4. The van der Waals surface area contributed by atoms with E-state index >= 15 is 0 Å². The molecule has 0 bridgehead atoms. The van der Waals surface area contributed by atoms with Gasteiger partial charge in [-0.15, -0.1) is 0 Å². The van der Waals surface area contributed by atoms with Crippen molar-refractivity contribution in [3.63, 3.8) is 0 Å². The Kier molecular flexibility index (Phi) is 5.44. The van der Waals surface area contributed by atoms with E-state index in [0.717, 1.165) is 23.3 Å². The molecule has 1 aromatic carbocycles. The van der Waals surface area contributed by atoms with Crippen molar-refractivity contribution in [2.24, 2.45) is 0 Å². The number of benzene rings is 1. The Morgan fingerprint density at radius 1 is 1.44 bits per heavy atom. The Hall–Kier alpha value is -0.620. The quantitative estimate of drug-likeness (QED) is 0.901. The minimum atomic E-state index is 0.156. The summed E-state index contributed by atoms with van der Waals surface area (Å²) in [4.78, 5) is 0. The van der Waals surface area contributed by atoms with Crippen molar-refractivity contribution in [1.82, 2.24) is 5.32 Å². The molecule has 1 aliphatic heterocycles. The minimum absolute atomic E-state index is 0.156. The highest BCUT2D eigenvalue weighted by Crippen LogP contribution is 2.22. The van der Waals surface area contributed by atoms with E-state index in [1.54, 1.807) is 7.11 Å². The Balaban J connectivity index is 1.81. The minimum Gasteiger partial charge on any atom is -0.497 e. The van der Waals surface area contributed by atoms with E-state index < -0.39 is 0 Å². The first-order valence-electron chi connectivity index (χ1n) is 6.02. The van der Waals surface area contributed by atoms with Crippen molar-refractivity contribution in [3.05, 3.63) is 28.2 Å². The molecular weight excluding hydrogens is 298 g/mol. The lowest BCUT2D eigenvalue weighted by Crippen LogP contribution is -2.37. The van der Waals surface area contributed by atoms with Gasteiger partial charge in [0.05, 0.1) is 33.0 Å². The van der Waals surface area contributed by atoms with Crippen molar-refractivity contribution < 1.29 is 14.2 Å². The van der Waals surface area contributed by atoms with Crippen LogP contribution in [0.5, 0.6) is 5.75 Å². The molecule has 1 aliphatic rings. The fraction of sp³-hybridized carbons (Fsp3) is 0.538. The number of nitrogens with one attached hydrogen (secondary N) is 1. The summed E-state index contributed by atoms with van der Waals surface area (Å²) in [6.45, 7) is 3.64. The summed E-state index contributed by atoms with van der Waals surface area (Å²) in [7, 11) is 1.67. The van der Waals surface area contributed by atoms with Crippen LogP contribution in [-0.2, 0) is 16.0 Å². The second kappa shape index (κ2) is 7.09. The smallest absolute Gasteiger partial charge is 0.119 e. The third-order valence-corrected chi connectivity index (χ3v) is 3.60. The predicted molar refractivity (Wildman–Crippen MR) is 73.0 cm³/mol. The summed E-state index contributed by atoms with van der Waals surface area (Å²) in [6, 6.07) is 5.96. The van der Waals surface area contributed by atoms with E-state index in [4.69, 9.17) is 14.2 Å². The van der Waals surface area contributed by atoms with Crippen LogP contribution in [0.2, 0.25) is 0 Å². The van der Waals surface area contributed by atoms with Crippen LogP contribution in [0.15, 0.2) is 22.7 Å².